The molecule has 0 aromatic carbocycles. The normalized spacial score (nSPS) is 15.9. The molecule has 1 aliphatic rings. The van der Waals surface area contributed by atoms with Crippen LogP contribution < -0.4 is 0 Å². The van der Waals surface area contributed by atoms with E-state index >= 15 is 0 Å². The van der Waals surface area contributed by atoms with Gasteiger partial charge in [-0.15, -0.1) is 5.54 Å². The average molecular weight is 396 g/mol. The van der Waals surface area contributed by atoms with Gasteiger partial charge in [-0.05, 0) is 16.6 Å². The van der Waals surface area contributed by atoms with Crippen molar-refractivity contribution in [1.82, 2.24) is 14.7 Å². The van der Waals surface area contributed by atoms with Crippen molar-refractivity contribution in [3.05, 3.63) is 0 Å². The number of hydrogen-bond donors (Lipinski definition) is 1. The van der Waals surface area contributed by atoms with Crippen molar-refractivity contribution in [3.63, 3.8) is 0 Å². The summed E-state index contributed by atoms with van der Waals surface area (Å²) in [6, 6.07) is 3.03. The minimum atomic E-state index is -1.95. The molecule has 0 bridgehead atoms. The van der Waals surface area contributed by atoms with Gasteiger partial charge < -0.3 is 10.0 Å². The number of rotatable bonds is 6. The van der Waals surface area contributed by atoms with E-state index in [4.69, 9.17) is 0 Å². The van der Waals surface area contributed by atoms with Crippen molar-refractivity contribution >= 4 is 20.1 Å². The Morgan fingerprint density at radius 2 is 1.48 bits per heavy atom. The Labute approximate surface area is 165 Å². The summed E-state index contributed by atoms with van der Waals surface area (Å²) in [5.41, 5.74) is 4.90. The van der Waals surface area contributed by atoms with Gasteiger partial charge in [-0.3, -0.25) is 9.69 Å². The van der Waals surface area contributed by atoms with Gasteiger partial charge in [-0.1, -0.05) is 41.5 Å². The van der Waals surface area contributed by atoms with Gasteiger partial charge in [0, 0.05) is 45.7 Å². The molecule has 1 heterocycles. The molecule has 0 radical (unpaired) electrons. The van der Waals surface area contributed by atoms with E-state index < -0.39 is 14.2 Å². The fraction of sp³-hybridized carbons (Fsp3) is 0.800. The quantitative estimate of drug-likeness (QED) is 0.426. The lowest BCUT2D eigenvalue weighted by molar-refractivity contribution is -0.130. The molecule has 0 atom stereocenters. The maximum absolute atomic E-state index is 11.7. The van der Waals surface area contributed by atoms with Gasteiger partial charge in [0.2, 0.25) is 5.91 Å². The lowest BCUT2D eigenvalue weighted by Crippen LogP contribution is -2.49. The minimum absolute atomic E-state index is 0.102. The summed E-state index contributed by atoms with van der Waals surface area (Å²) in [6.07, 6.45) is -0.982. The van der Waals surface area contributed by atoms with E-state index in [1.54, 1.807) is 6.92 Å². The third kappa shape index (κ3) is 5.98. The van der Waals surface area contributed by atoms with Crippen LogP contribution in [0.3, 0.4) is 0 Å². The zero-order chi connectivity index (χ0) is 20.8. The molecule has 6 nitrogen and oxygen atoms in total. The second-order valence-corrected chi connectivity index (χ2v) is 14.0. The average Bonchev–Trinajstić information content (AvgIpc) is 2.57. The molecule has 154 valence electrons. The summed E-state index contributed by atoms with van der Waals surface area (Å²) in [7, 11) is -1.95. The summed E-state index contributed by atoms with van der Waals surface area (Å²) in [5.74, 6) is 0.102. The summed E-state index contributed by atoms with van der Waals surface area (Å²) >= 11 is 0. The first kappa shape index (κ1) is 23.5. The molecule has 0 unspecified atom stereocenters. The van der Waals surface area contributed by atoms with Crippen LogP contribution in [0.25, 0.3) is 0 Å². The molecule has 7 heteroatoms. The Hall–Kier alpha value is -1.52. The molecule has 1 N–H and O–H groups in total. The molecule has 1 aliphatic heterocycles. The molecule has 0 aliphatic carbocycles. The first-order valence-corrected chi connectivity index (χ1v) is 12.3. The van der Waals surface area contributed by atoms with Crippen LogP contribution in [0.5, 0.6) is 0 Å². The highest BCUT2D eigenvalue weighted by atomic mass is 28.3. The first-order chi connectivity index (χ1) is 12.5. The van der Waals surface area contributed by atoms with Gasteiger partial charge in [-0.2, -0.15) is 0 Å². The molecular weight excluding hydrogens is 358 g/mol. The molecule has 0 saturated carbocycles. The van der Waals surface area contributed by atoms with E-state index in [0.717, 1.165) is 13.1 Å². The van der Waals surface area contributed by atoms with Crippen LogP contribution in [0.2, 0.25) is 16.6 Å². The van der Waals surface area contributed by atoms with Gasteiger partial charge in [0.15, 0.2) is 0 Å². The molecule has 1 saturated heterocycles. The predicted molar refractivity (Wildman–Crippen MR) is 112 cm³/mol. The second-order valence-electron chi connectivity index (χ2n) is 8.42. The van der Waals surface area contributed by atoms with E-state index in [1.165, 1.54) is 4.90 Å². The zero-order valence-corrected chi connectivity index (χ0v) is 19.1. The smallest absolute Gasteiger partial charge is 0.419 e. The number of carbonyl (C=O) groups is 2. The van der Waals surface area contributed by atoms with E-state index in [1.807, 2.05) is 4.90 Å². The van der Waals surface area contributed by atoms with Crippen molar-refractivity contribution in [2.45, 2.75) is 65.1 Å². The number of carboxylic acid groups (broad SMARTS) is 1. The van der Waals surface area contributed by atoms with Crippen LogP contribution in [0.15, 0.2) is 0 Å². The molecule has 0 aromatic heterocycles. The van der Waals surface area contributed by atoms with Gasteiger partial charge in [0.05, 0.1) is 6.54 Å². The Kier molecular flexibility index (Phi) is 8.83. The third-order valence-corrected chi connectivity index (χ3v) is 12.2. The van der Waals surface area contributed by atoms with Gasteiger partial charge in [0.1, 0.15) is 8.07 Å². The Bertz CT molecular complexity index is 551. The predicted octanol–water partition coefficient (Wildman–Crippen LogP) is 3.31. The van der Waals surface area contributed by atoms with E-state index in [0.29, 0.717) is 42.8 Å². The highest BCUT2D eigenvalue weighted by Gasteiger charge is 2.42. The van der Waals surface area contributed by atoms with E-state index in [2.05, 4.69) is 58.0 Å². The van der Waals surface area contributed by atoms with Crippen LogP contribution in [-0.2, 0) is 4.79 Å². The summed E-state index contributed by atoms with van der Waals surface area (Å²) < 4.78 is 0. The maximum Gasteiger partial charge on any atom is 0.419 e. The Morgan fingerprint density at radius 1 is 1.00 bits per heavy atom. The molecular formula is C20H37N3O3Si. The third-order valence-electron chi connectivity index (χ3n) is 5.96. The molecule has 1 fully saturated rings. The topological polar surface area (TPSA) is 64.1 Å². The number of amides is 2. The van der Waals surface area contributed by atoms with Crippen LogP contribution >= 0.6 is 0 Å². The molecule has 1 rings (SSSR count). The SMILES string of the molecule is CC(=O)N1CCN(CCN(C#C[Si](C(C)C)(C(C)C)C(C)C)C(=O)O)CC1. The maximum atomic E-state index is 11.7. The summed E-state index contributed by atoms with van der Waals surface area (Å²) in [5, 5.41) is 9.60. The fourth-order valence-corrected chi connectivity index (χ4v) is 9.52. The lowest BCUT2D eigenvalue weighted by Gasteiger charge is -2.38. The Balaban J connectivity index is 2.82. The highest BCUT2D eigenvalue weighted by molar-refractivity contribution is 6.90. The van der Waals surface area contributed by atoms with Crippen molar-refractivity contribution in [3.8, 4) is 11.6 Å². The number of nitrogens with zero attached hydrogens (tertiary/aromatic N) is 3. The van der Waals surface area contributed by atoms with Gasteiger partial charge >= 0.3 is 6.09 Å². The van der Waals surface area contributed by atoms with Crippen LogP contribution in [0.4, 0.5) is 4.79 Å². The minimum Gasteiger partial charge on any atom is -0.464 e. The van der Waals surface area contributed by atoms with Crippen LogP contribution in [0.1, 0.15) is 48.5 Å². The van der Waals surface area contributed by atoms with Crippen LogP contribution in [0, 0.1) is 11.6 Å². The summed E-state index contributed by atoms with van der Waals surface area (Å²) in [6.45, 7) is 18.9. The summed E-state index contributed by atoms with van der Waals surface area (Å²) in [4.78, 5) is 28.4. The molecule has 2 amide bonds. The molecule has 0 aromatic rings. The molecule has 27 heavy (non-hydrogen) atoms. The van der Waals surface area contributed by atoms with Gasteiger partial charge in [0.25, 0.3) is 0 Å². The van der Waals surface area contributed by atoms with Crippen molar-refractivity contribution < 1.29 is 14.7 Å². The zero-order valence-electron chi connectivity index (χ0n) is 18.1. The monoisotopic (exact) mass is 395 g/mol. The fourth-order valence-electron chi connectivity index (χ4n) is 4.32. The van der Waals surface area contributed by atoms with Crippen molar-refractivity contribution in [2.75, 3.05) is 39.3 Å². The standard InChI is InChI=1S/C20H37N3O3Si/c1-16(2)27(17(3)4,18(5)6)15-14-23(20(25)26)13-10-21-8-11-22(12-9-21)19(7)24/h16-18H,8-13H2,1-7H3,(H,25,26). The van der Waals surface area contributed by atoms with Crippen molar-refractivity contribution in [2.24, 2.45) is 0 Å². The van der Waals surface area contributed by atoms with Gasteiger partial charge in [-0.25, -0.2) is 9.69 Å². The highest BCUT2D eigenvalue weighted by Crippen LogP contribution is 2.40. The van der Waals surface area contributed by atoms with E-state index in [9.17, 15) is 14.7 Å². The van der Waals surface area contributed by atoms with Crippen molar-refractivity contribution in [1.29, 1.82) is 0 Å². The largest absolute Gasteiger partial charge is 0.464 e. The van der Waals surface area contributed by atoms with E-state index in [-0.39, 0.29) is 5.91 Å². The Morgan fingerprint density at radius 3 is 1.85 bits per heavy atom. The first-order valence-electron chi connectivity index (χ1n) is 10.0. The molecule has 0 spiro atoms. The van der Waals surface area contributed by atoms with Crippen LogP contribution in [-0.4, -0.2) is 79.1 Å². The number of hydrogen-bond acceptors (Lipinski definition) is 3. The second kappa shape index (κ2) is 10.1. The number of piperazine rings is 1. The lowest BCUT2D eigenvalue weighted by atomic mass is 10.3. The number of carbonyl (C=O) groups excluding carboxylic acids is 1.